The van der Waals surface area contributed by atoms with Crippen LogP contribution in [0.15, 0.2) is 29.4 Å². The van der Waals surface area contributed by atoms with E-state index in [0.717, 1.165) is 37.6 Å². The number of hydrogen-bond donors (Lipinski definition) is 3. The van der Waals surface area contributed by atoms with E-state index in [1.807, 2.05) is 18.8 Å². The first-order valence-electron chi connectivity index (χ1n) is 7.81. The molecule has 0 atom stereocenters. The molecule has 120 valence electrons. The van der Waals surface area contributed by atoms with Gasteiger partial charge in [-0.3, -0.25) is 4.99 Å². The molecule has 0 aliphatic heterocycles. The van der Waals surface area contributed by atoms with Crippen LogP contribution in [-0.4, -0.2) is 43.1 Å². The maximum Gasteiger partial charge on any atom is 0.191 e. The average molecular weight is 318 g/mol. The zero-order valence-corrected chi connectivity index (χ0v) is 14.5. The second-order valence-corrected chi connectivity index (χ2v) is 6.16. The van der Waals surface area contributed by atoms with Crippen LogP contribution >= 0.6 is 11.8 Å². The fraction of sp³-hybridized carbons (Fsp3) is 0.471. The van der Waals surface area contributed by atoms with Gasteiger partial charge in [0.1, 0.15) is 0 Å². The molecule has 1 aromatic heterocycles. The van der Waals surface area contributed by atoms with E-state index in [1.54, 1.807) is 0 Å². The highest BCUT2D eigenvalue weighted by Gasteiger charge is 2.06. The zero-order valence-electron chi connectivity index (χ0n) is 13.7. The molecule has 1 aromatic carbocycles. The number of aliphatic imine (C=N–C) groups is 1. The van der Waals surface area contributed by atoms with Crippen LogP contribution in [0.5, 0.6) is 0 Å². The molecule has 3 N–H and O–H groups in total. The van der Waals surface area contributed by atoms with Crippen molar-refractivity contribution in [2.24, 2.45) is 4.99 Å². The number of H-pyrrole nitrogens is 1. The number of benzene rings is 1. The molecule has 0 aliphatic rings. The van der Waals surface area contributed by atoms with Gasteiger partial charge < -0.3 is 15.6 Å². The topological polar surface area (TPSA) is 52.2 Å². The van der Waals surface area contributed by atoms with E-state index in [0.29, 0.717) is 0 Å². The molecule has 0 radical (unpaired) electrons. The van der Waals surface area contributed by atoms with E-state index in [2.05, 4.69) is 58.2 Å². The Morgan fingerprint density at radius 1 is 1.23 bits per heavy atom. The standard InChI is InChI=1S/C17H26N4S/c1-4-13-6-5-7-15-14(12-21-16(13)15)8-9-19-17(18-2)20-10-11-22-3/h5-7,12,21H,4,8-11H2,1-3H3,(H2,18,19,20). The van der Waals surface area contributed by atoms with E-state index in [-0.39, 0.29) is 0 Å². The Kier molecular flexibility index (Phi) is 6.65. The molecular formula is C17H26N4S. The minimum atomic E-state index is 0.877. The number of hydrogen-bond acceptors (Lipinski definition) is 2. The summed E-state index contributed by atoms with van der Waals surface area (Å²) in [6, 6.07) is 6.54. The number of nitrogens with zero attached hydrogens (tertiary/aromatic N) is 1. The summed E-state index contributed by atoms with van der Waals surface area (Å²) in [6.07, 6.45) is 6.28. The summed E-state index contributed by atoms with van der Waals surface area (Å²) in [7, 11) is 1.81. The molecule has 0 saturated carbocycles. The Balaban J connectivity index is 1.92. The Bertz CT molecular complexity index is 618. The lowest BCUT2D eigenvalue weighted by Gasteiger charge is -2.11. The second-order valence-electron chi connectivity index (χ2n) is 5.18. The normalized spacial score (nSPS) is 11.9. The molecule has 2 aromatic rings. The summed E-state index contributed by atoms with van der Waals surface area (Å²) in [5, 5.41) is 8.03. The van der Waals surface area contributed by atoms with E-state index >= 15 is 0 Å². The molecule has 1 heterocycles. The van der Waals surface area contributed by atoms with Crippen LogP contribution < -0.4 is 10.6 Å². The number of rotatable bonds is 7. The molecule has 5 heteroatoms. The van der Waals surface area contributed by atoms with Gasteiger partial charge >= 0.3 is 0 Å². The summed E-state index contributed by atoms with van der Waals surface area (Å²) in [5.41, 5.74) is 4.02. The summed E-state index contributed by atoms with van der Waals surface area (Å²) in [4.78, 5) is 7.67. The van der Waals surface area contributed by atoms with E-state index in [4.69, 9.17) is 0 Å². The van der Waals surface area contributed by atoms with Crippen LogP contribution in [0.2, 0.25) is 0 Å². The Labute approximate surface area is 137 Å². The molecule has 4 nitrogen and oxygen atoms in total. The van der Waals surface area contributed by atoms with Gasteiger partial charge in [-0.25, -0.2) is 0 Å². The number of nitrogens with one attached hydrogen (secondary N) is 3. The lowest BCUT2D eigenvalue weighted by Crippen LogP contribution is -2.39. The number of aryl methyl sites for hydroxylation is 1. The molecule has 2 rings (SSSR count). The van der Waals surface area contributed by atoms with E-state index in [1.165, 1.54) is 22.0 Å². The highest BCUT2D eigenvalue weighted by Crippen LogP contribution is 2.22. The molecule has 0 saturated heterocycles. The lowest BCUT2D eigenvalue weighted by molar-refractivity contribution is 0.814. The van der Waals surface area contributed by atoms with Crippen molar-refractivity contribution in [3.8, 4) is 0 Å². The summed E-state index contributed by atoms with van der Waals surface area (Å²) < 4.78 is 0. The molecule has 22 heavy (non-hydrogen) atoms. The Morgan fingerprint density at radius 2 is 2.05 bits per heavy atom. The Hall–Kier alpha value is -1.62. The van der Waals surface area contributed by atoms with Gasteiger partial charge in [0.05, 0.1) is 0 Å². The summed E-state index contributed by atoms with van der Waals surface area (Å²) in [5.74, 6) is 1.96. The van der Waals surface area contributed by atoms with Crippen molar-refractivity contribution < 1.29 is 0 Å². The fourth-order valence-electron chi connectivity index (χ4n) is 2.58. The number of para-hydroxylation sites is 1. The predicted molar refractivity (Wildman–Crippen MR) is 99.1 cm³/mol. The predicted octanol–water partition coefficient (Wildman–Crippen LogP) is 2.80. The van der Waals surface area contributed by atoms with Crippen LogP contribution in [0, 0.1) is 0 Å². The van der Waals surface area contributed by atoms with Gasteiger partial charge in [0, 0.05) is 43.0 Å². The average Bonchev–Trinajstić information content (AvgIpc) is 2.96. The number of aromatic amines is 1. The minimum Gasteiger partial charge on any atom is -0.361 e. The van der Waals surface area contributed by atoms with Crippen LogP contribution in [0.1, 0.15) is 18.1 Å². The number of guanidine groups is 1. The summed E-state index contributed by atoms with van der Waals surface area (Å²) >= 11 is 1.83. The number of fused-ring (bicyclic) bond motifs is 1. The first kappa shape index (κ1) is 16.7. The first-order chi connectivity index (χ1) is 10.8. The largest absolute Gasteiger partial charge is 0.361 e. The van der Waals surface area contributed by atoms with Crippen molar-refractivity contribution in [1.82, 2.24) is 15.6 Å². The summed E-state index contributed by atoms with van der Waals surface area (Å²) in [6.45, 7) is 4.01. The van der Waals surface area contributed by atoms with Crippen molar-refractivity contribution in [3.05, 3.63) is 35.5 Å². The third-order valence-corrected chi connectivity index (χ3v) is 4.39. The lowest BCUT2D eigenvalue weighted by atomic mass is 10.1. The van der Waals surface area contributed by atoms with Gasteiger partial charge in [0.25, 0.3) is 0 Å². The van der Waals surface area contributed by atoms with Gasteiger partial charge in [0.2, 0.25) is 0 Å². The SMILES string of the molecule is CCc1cccc2c(CCNC(=NC)NCCSC)c[nH]c12. The second kappa shape index (κ2) is 8.73. The van der Waals surface area contributed by atoms with Gasteiger partial charge in [-0.1, -0.05) is 25.1 Å². The van der Waals surface area contributed by atoms with E-state index in [9.17, 15) is 0 Å². The van der Waals surface area contributed by atoms with Gasteiger partial charge in [-0.05, 0) is 30.2 Å². The molecule has 0 aliphatic carbocycles. The highest BCUT2D eigenvalue weighted by atomic mass is 32.2. The van der Waals surface area contributed by atoms with E-state index < -0.39 is 0 Å². The van der Waals surface area contributed by atoms with Crippen molar-refractivity contribution in [1.29, 1.82) is 0 Å². The molecule has 0 bridgehead atoms. The van der Waals surface area contributed by atoms with Crippen molar-refractivity contribution in [2.45, 2.75) is 19.8 Å². The third-order valence-electron chi connectivity index (χ3n) is 3.78. The first-order valence-corrected chi connectivity index (χ1v) is 9.20. The van der Waals surface area contributed by atoms with Gasteiger partial charge in [-0.15, -0.1) is 0 Å². The molecule has 0 spiro atoms. The number of thioether (sulfide) groups is 1. The smallest absolute Gasteiger partial charge is 0.191 e. The maximum absolute atomic E-state index is 4.25. The third kappa shape index (κ3) is 4.19. The minimum absolute atomic E-state index is 0.877. The molecular weight excluding hydrogens is 292 g/mol. The van der Waals surface area contributed by atoms with Crippen molar-refractivity contribution in [3.63, 3.8) is 0 Å². The number of aromatic nitrogens is 1. The molecule has 0 amide bonds. The fourth-order valence-corrected chi connectivity index (χ4v) is 2.89. The molecule has 0 unspecified atom stereocenters. The van der Waals surface area contributed by atoms with Crippen LogP contribution in [0.4, 0.5) is 0 Å². The maximum atomic E-state index is 4.25. The van der Waals surface area contributed by atoms with Crippen molar-refractivity contribution in [2.75, 3.05) is 32.1 Å². The monoisotopic (exact) mass is 318 g/mol. The Morgan fingerprint density at radius 3 is 2.77 bits per heavy atom. The highest BCUT2D eigenvalue weighted by molar-refractivity contribution is 7.98. The van der Waals surface area contributed by atoms with Gasteiger partial charge in [0.15, 0.2) is 5.96 Å². The van der Waals surface area contributed by atoms with Crippen LogP contribution in [-0.2, 0) is 12.8 Å². The zero-order chi connectivity index (χ0) is 15.8. The van der Waals surface area contributed by atoms with Crippen LogP contribution in [0.25, 0.3) is 10.9 Å². The molecule has 0 fully saturated rings. The van der Waals surface area contributed by atoms with Crippen LogP contribution in [0.3, 0.4) is 0 Å². The van der Waals surface area contributed by atoms with Gasteiger partial charge in [-0.2, -0.15) is 11.8 Å². The quantitative estimate of drug-likeness (QED) is 0.418. The van der Waals surface area contributed by atoms with Crippen molar-refractivity contribution >= 4 is 28.6 Å².